The van der Waals surface area contributed by atoms with Gasteiger partial charge in [0.25, 0.3) is 0 Å². The SMILES string of the molecule is CC[C@@H](OC(=O)C(C)[C@H](C[C@@H](OC1OC(C)C[C@H](N(C)CCc2cn([C@H](CF)C(OC)c3ccc(-c4cnc(N)nc4)cc3)nn2)[C@H]1O)C(CC)(CC)C[C@@H](C)C(C)=O)O[C@H]1C[C@@](C)(OC)[C@@H](O)C(C)O1)C(C)(C)OC(=O)C(NC1CC1)C(C)C(C)C. The molecule has 490 valence electrons. The average molecular weight is 1230 g/mol. The van der Waals surface area contributed by atoms with Gasteiger partial charge in [0.1, 0.15) is 54.6 Å². The van der Waals surface area contributed by atoms with Crippen LogP contribution in [0.25, 0.3) is 11.1 Å². The summed E-state index contributed by atoms with van der Waals surface area (Å²) in [5.74, 6) is -1.99. The Hall–Kier alpha value is -4.62. The molecular formula is C65H105FN8O13. The normalized spacial score (nSPS) is 26.1. The van der Waals surface area contributed by atoms with Gasteiger partial charge in [-0.05, 0) is 129 Å². The summed E-state index contributed by atoms with van der Waals surface area (Å²) in [6.07, 6.45) is 1.21. The fourth-order valence-electron chi connectivity index (χ4n) is 12.5. The predicted molar refractivity (Wildman–Crippen MR) is 327 cm³/mol. The minimum atomic E-state index is -1.23. The zero-order valence-corrected chi connectivity index (χ0v) is 54.9. The molecule has 1 aromatic carbocycles. The number of likely N-dealkylation sites (N-methyl/N-ethyl adjacent to an activating group) is 1. The van der Waals surface area contributed by atoms with Crippen molar-refractivity contribution in [1.29, 1.82) is 0 Å². The quantitative estimate of drug-likeness (QED) is 0.0407. The van der Waals surface area contributed by atoms with Crippen LogP contribution in [0.3, 0.4) is 0 Å². The number of nitrogens with two attached hydrogens (primary N) is 1. The number of methoxy groups -OCH3 is 2. The number of alkyl halides is 1. The number of Topliss-reactive ketones (excluding diaryl/α,β-unsaturated/α-hetero) is 1. The van der Waals surface area contributed by atoms with E-state index in [0.29, 0.717) is 50.8 Å². The van der Waals surface area contributed by atoms with Gasteiger partial charge < -0.3 is 64.1 Å². The number of ether oxygens (including phenoxy) is 8. The van der Waals surface area contributed by atoms with Crippen LogP contribution in [0, 0.1) is 29.1 Å². The molecular weight excluding hydrogens is 1120 g/mol. The smallest absolute Gasteiger partial charge is 0.324 e. The van der Waals surface area contributed by atoms with Gasteiger partial charge in [-0.15, -0.1) is 5.10 Å². The molecule has 87 heavy (non-hydrogen) atoms. The Balaban J connectivity index is 1.25. The number of hydrogen-bond acceptors (Lipinski definition) is 20. The highest BCUT2D eigenvalue weighted by molar-refractivity contribution is 5.78. The highest BCUT2D eigenvalue weighted by Crippen LogP contribution is 2.45. The molecule has 3 aliphatic rings. The fourth-order valence-corrected chi connectivity index (χ4v) is 12.5. The first-order valence-corrected chi connectivity index (χ1v) is 31.7. The Morgan fingerprint density at radius 2 is 1.61 bits per heavy atom. The van der Waals surface area contributed by atoms with Crippen LogP contribution in [0.2, 0.25) is 0 Å². The number of nitrogens with zero attached hydrogens (tertiary/aromatic N) is 6. The first kappa shape index (κ1) is 71.5. The third-order valence-electron chi connectivity index (χ3n) is 19.4. The standard InChI is InChI=1S/C65H105FN8O13/c1-18-52(63(12,13)87-60(79)55(40(8)37(4)5)70-47-25-26-47)85-59(78)41(9)51(84-54-32-64(14,81-17)58(77)43(11)83-54)30-53(65(19-2,20-3)31-38(6)42(10)75)86-61-56(76)49(29-39(7)82-61)73(15)28-27-48-36-74(72-71-48)50(33-66)57(80-16)45-23-21-44(22-24-45)46-34-68-62(67)69-35-46/h21-24,34-41,43,47,49-58,61,70,76-77H,18-20,25-33H2,1-17H3,(H2,67,68,69)/t38-,39?,40?,41?,43?,49+,50-,51+,52-,53-,54+,55?,56-,57?,58+,61?,64-/m1/s1. The molecule has 0 radical (unpaired) electrons. The zero-order valence-electron chi connectivity index (χ0n) is 54.9. The molecule has 2 saturated heterocycles. The van der Waals surface area contributed by atoms with Crippen molar-refractivity contribution < 1.29 is 66.9 Å². The van der Waals surface area contributed by atoms with E-state index in [1.165, 1.54) is 18.9 Å². The van der Waals surface area contributed by atoms with E-state index in [0.717, 1.165) is 29.5 Å². The number of carbonyl (C=O) groups excluding carboxylic acids is 3. The van der Waals surface area contributed by atoms with Gasteiger partial charge in [0.2, 0.25) is 5.95 Å². The molecule has 1 aliphatic carbocycles. The van der Waals surface area contributed by atoms with E-state index < -0.39 is 115 Å². The molecule has 2 aliphatic heterocycles. The lowest BCUT2D eigenvalue weighted by Gasteiger charge is -2.48. The van der Waals surface area contributed by atoms with Crippen molar-refractivity contribution >= 4 is 23.7 Å². The molecule has 4 heterocycles. The number of benzene rings is 1. The number of ketones is 1. The first-order chi connectivity index (χ1) is 41.1. The highest BCUT2D eigenvalue weighted by atomic mass is 19.1. The molecule has 3 aromatic rings. The maximum Gasteiger partial charge on any atom is 0.324 e. The van der Waals surface area contributed by atoms with Gasteiger partial charge in [-0.1, -0.05) is 77.9 Å². The average Bonchev–Trinajstić information content (AvgIpc) is 2.25. The van der Waals surface area contributed by atoms with Gasteiger partial charge in [-0.2, -0.15) is 0 Å². The second kappa shape index (κ2) is 31.4. The summed E-state index contributed by atoms with van der Waals surface area (Å²) in [5, 5.41) is 36.1. The van der Waals surface area contributed by atoms with Crippen molar-refractivity contribution in [2.75, 3.05) is 40.2 Å². The molecule has 7 unspecified atom stereocenters. The summed E-state index contributed by atoms with van der Waals surface area (Å²) in [4.78, 5) is 52.5. The van der Waals surface area contributed by atoms with E-state index in [1.807, 2.05) is 63.9 Å². The lowest BCUT2D eigenvalue weighted by Crippen LogP contribution is -2.58. The molecule has 22 heteroatoms. The number of aromatic nitrogens is 5. The topological polar surface area (TPSA) is 263 Å². The van der Waals surface area contributed by atoms with Gasteiger partial charge in [-0.25, -0.2) is 19.0 Å². The van der Waals surface area contributed by atoms with E-state index in [2.05, 4.69) is 53.3 Å². The first-order valence-electron chi connectivity index (χ1n) is 31.7. The number of nitrogens with one attached hydrogen (secondary N) is 1. The maximum atomic E-state index is 15.0. The Morgan fingerprint density at radius 1 is 0.954 bits per heavy atom. The van der Waals surface area contributed by atoms with E-state index >= 15 is 4.39 Å². The van der Waals surface area contributed by atoms with Gasteiger partial charge in [-0.3, -0.25) is 14.4 Å². The van der Waals surface area contributed by atoms with E-state index in [4.69, 9.17) is 43.6 Å². The maximum absolute atomic E-state index is 15.0. The Bertz CT molecular complexity index is 2630. The van der Waals surface area contributed by atoms with Crippen LogP contribution >= 0.6 is 0 Å². The zero-order chi connectivity index (χ0) is 64.3. The molecule has 5 N–H and O–H groups in total. The number of aliphatic hydroxyl groups is 2. The van der Waals surface area contributed by atoms with Crippen LogP contribution < -0.4 is 11.1 Å². The molecule has 6 rings (SSSR count). The molecule has 0 amide bonds. The van der Waals surface area contributed by atoms with E-state index in [9.17, 15) is 24.6 Å². The number of hydrogen-bond donors (Lipinski definition) is 4. The molecule has 0 spiro atoms. The molecule has 3 fully saturated rings. The Morgan fingerprint density at radius 3 is 2.17 bits per heavy atom. The molecule has 21 nitrogen and oxygen atoms in total. The van der Waals surface area contributed by atoms with Crippen LogP contribution in [0.1, 0.15) is 178 Å². The van der Waals surface area contributed by atoms with Crippen molar-refractivity contribution in [1.82, 2.24) is 35.2 Å². The van der Waals surface area contributed by atoms with Crippen molar-refractivity contribution in [2.45, 2.75) is 258 Å². The van der Waals surface area contributed by atoms with Crippen molar-refractivity contribution in [3.05, 3.63) is 54.1 Å². The summed E-state index contributed by atoms with van der Waals surface area (Å²) < 4.78 is 68.2. The van der Waals surface area contributed by atoms with E-state index in [1.54, 1.807) is 60.1 Å². The molecule has 0 bridgehead atoms. The fraction of sp³-hybridized carbons (Fsp3) is 0.769. The van der Waals surface area contributed by atoms with Gasteiger partial charge in [0.05, 0.1) is 41.6 Å². The number of esters is 2. The van der Waals surface area contributed by atoms with Crippen LogP contribution in [-0.2, 0) is 58.7 Å². The second-order valence-electron chi connectivity index (χ2n) is 26.3. The number of halogens is 1. The number of rotatable bonds is 34. The minimum Gasteiger partial charge on any atom is -0.458 e. The van der Waals surface area contributed by atoms with Crippen molar-refractivity contribution in [3.8, 4) is 11.1 Å². The minimum absolute atomic E-state index is 0.00828. The van der Waals surface area contributed by atoms with Gasteiger partial charge in [0, 0.05) is 82.2 Å². The number of aliphatic hydroxyl groups excluding tert-OH is 2. The van der Waals surface area contributed by atoms with Crippen molar-refractivity contribution in [3.63, 3.8) is 0 Å². The third kappa shape index (κ3) is 18.1. The van der Waals surface area contributed by atoms with Gasteiger partial charge >= 0.3 is 11.9 Å². The molecule has 2 aromatic heterocycles. The summed E-state index contributed by atoms with van der Waals surface area (Å²) in [6.45, 7) is 26.0. The lowest BCUT2D eigenvalue weighted by atomic mass is 9.68. The monoisotopic (exact) mass is 1220 g/mol. The number of nitrogen functional groups attached to an aromatic ring is 1. The lowest BCUT2D eigenvalue weighted by molar-refractivity contribution is -0.305. The predicted octanol–water partition coefficient (Wildman–Crippen LogP) is 8.73. The molecule has 1 saturated carbocycles. The van der Waals surface area contributed by atoms with Crippen LogP contribution in [0.15, 0.2) is 42.9 Å². The summed E-state index contributed by atoms with van der Waals surface area (Å²) in [7, 11) is 4.97. The Kier molecular flexibility index (Phi) is 25.8. The summed E-state index contributed by atoms with van der Waals surface area (Å²) >= 11 is 0. The highest BCUT2D eigenvalue weighted by Gasteiger charge is 2.51. The van der Waals surface area contributed by atoms with E-state index in [-0.39, 0.29) is 54.5 Å². The van der Waals surface area contributed by atoms with Crippen LogP contribution in [0.5, 0.6) is 0 Å². The summed E-state index contributed by atoms with van der Waals surface area (Å²) in [5.41, 5.74) is 5.67. The number of carbonyl (C=O) groups is 3. The molecule has 17 atom stereocenters. The third-order valence-corrected chi connectivity index (χ3v) is 19.4. The van der Waals surface area contributed by atoms with Gasteiger partial charge in [0.15, 0.2) is 12.6 Å². The van der Waals surface area contributed by atoms with Crippen LogP contribution in [-0.4, -0.2) is 177 Å². The largest absolute Gasteiger partial charge is 0.458 e. The second-order valence-corrected chi connectivity index (χ2v) is 26.3. The van der Waals surface area contributed by atoms with Crippen molar-refractivity contribution in [2.24, 2.45) is 29.1 Å². The summed E-state index contributed by atoms with van der Waals surface area (Å²) in [6, 6.07) is 5.96. The number of anilines is 1. The Labute approximate surface area is 516 Å². The van der Waals surface area contributed by atoms with Crippen LogP contribution in [0.4, 0.5) is 10.3 Å².